The normalized spacial score (nSPS) is 41.9. The van der Waals surface area contributed by atoms with Gasteiger partial charge in [0.05, 0.1) is 13.2 Å². The molecule has 0 amide bonds. The Bertz CT molecular complexity index is 1230. The van der Waals surface area contributed by atoms with E-state index in [0.29, 0.717) is 0 Å². The third kappa shape index (κ3) is 8.67. The minimum Gasteiger partial charge on any atom is -0.540 e. The molecule has 0 saturated carbocycles. The van der Waals surface area contributed by atoms with Crippen LogP contribution in [0.5, 0.6) is 0 Å². The van der Waals surface area contributed by atoms with Crippen LogP contribution in [0.2, 0.25) is 0 Å². The van der Waals surface area contributed by atoms with Crippen molar-refractivity contribution in [3.8, 4) is 0 Å². The molecule has 18 nitrogen and oxygen atoms in total. The van der Waals surface area contributed by atoms with Crippen molar-refractivity contribution in [3.05, 3.63) is 10.3 Å². The number of hydrogen-bond acceptors (Lipinski definition) is 16. The second kappa shape index (κ2) is 12.4. The van der Waals surface area contributed by atoms with Crippen molar-refractivity contribution < 1.29 is 72.6 Å². The SMILES string of the molecule is CC1(C)O[C@@H]2[C@@H](CO[C@@]3(COS([NH-])(=O)=O)OC(C)(C)O[C@@H]23)O1.CC1(C)O[C@@H]2[C@@H](CO[C@@]3(COS([NH-])(=O)=O)OC(C)(C)O[C@@H]23)O1.[Ca+2]. The average molecular weight is 717 g/mol. The van der Waals surface area contributed by atoms with E-state index in [-0.39, 0.29) is 63.2 Å². The maximum absolute atomic E-state index is 11.0. The van der Waals surface area contributed by atoms with E-state index in [2.05, 4.69) is 8.37 Å². The first-order chi connectivity index (χ1) is 19.8. The van der Waals surface area contributed by atoms with Crippen molar-refractivity contribution in [3.63, 3.8) is 0 Å². The van der Waals surface area contributed by atoms with E-state index in [4.69, 9.17) is 57.6 Å². The van der Waals surface area contributed by atoms with Crippen molar-refractivity contribution in [2.24, 2.45) is 0 Å². The first kappa shape index (κ1) is 38.4. The second-order valence-electron chi connectivity index (χ2n) is 13.0. The van der Waals surface area contributed by atoms with E-state index in [9.17, 15) is 16.8 Å². The molecule has 6 saturated heterocycles. The Morgan fingerprint density at radius 3 is 1.22 bits per heavy atom. The number of rotatable bonds is 6. The first-order valence-corrected chi connectivity index (χ1v) is 16.7. The summed E-state index contributed by atoms with van der Waals surface area (Å²) in [6.45, 7) is 13.2. The molecule has 6 rings (SSSR count). The topological polar surface area (TPSA) is 227 Å². The zero-order valence-electron chi connectivity index (χ0n) is 26.3. The molecule has 6 aliphatic heterocycles. The zero-order valence-corrected chi connectivity index (χ0v) is 30.2. The molecule has 45 heavy (non-hydrogen) atoms. The van der Waals surface area contributed by atoms with Crippen molar-refractivity contribution in [1.29, 1.82) is 0 Å². The van der Waals surface area contributed by atoms with Gasteiger partial charge in [0.2, 0.25) is 11.6 Å². The summed E-state index contributed by atoms with van der Waals surface area (Å²) in [5, 5.41) is 13.7. The summed E-state index contributed by atoms with van der Waals surface area (Å²) < 4.78 is 111. The minimum absolute atomic E-state index is 0. The van der Waals surface area contributed by atoms with E-state index in [1.807, 2.05) is 0 Å². The fourth-order valence-corrected chi connectivity index (χ4v) is 6.85. The van der Waals surface area contributed by atoms with Crippen LogP contribution in [0.1, 0.15) is 55.4 Å². The van der Waals surface area contributed by atoms with Crippen LogP contribution >= 0.6 is 0 Å². The smallest absolute Gasteiger partial charge is 0.540 e. The zero-order chi connectivity index (χ0) is 32.8. The Hall–Kier alpha value is 0.600. The molecular weight excluding hydrogens is 676 g/mol. The molecule has 0 aromatic heterocycles. The van der Waals surface area contributed by atoms with Gasteiger partial charge in [-0.15, -0.1) is 0 Å². The van der Waals surface area contributed by atoms with E-state index < -0.39 is 93.0 Å². The quantitative estimate of drug-likeness (QED) is 0.350. The van der Waals surface area contributed by atoms with Crippen LogP contribution in [0.15, 0.2) is 0 Å². The van der Waals surface area contributed by atoms with Crippen LogP contribution in [0.3, 0.4) is 0 Å². The van der Waals surface area contributed by atoms with Gasteiger partial charge in [-0.1, -0.05) is 0 Å². The average Bonchev–Trinajstić information content (AvgIpc) is 3.50. The number of ether oxygens (including phenoxy) is 10. The minimum atomic E-state index is -4.39. The third-order valence-electron chi connectivity index (χ3n) is 7.38. The standard InChI is InChI=1S/2C12H20NO8S.Ca/c2*1-10(2)18-7-5-16-12(6-17-22(13,14)15)9(8(7)19-10)20-11(3,4)21-12;/h2*7-9H,5-6H2,1-4H3,(H-,13,14,15);/q2*-1;+2/t2*7-,8-,9+,12+;/m11./s1. The Morgan fingerprint density at radius 1 is 0.578 bits per heavy atom. The van der Waals surface area contributed by atoms with Gasteiger partial charge in [-0.25, -0.2) is 16.8 Å². The Labute approximate surface area is 292 Å². The maximum Gasteiger partial charge on any atom is 2.00 e. The second-order valence-corrected chi connectivity index (χ2v) is 15.3. The molecule has 0 bridgehead atoms. The summed E-state index contributed by atoms with van der Waals surface area (Å²) in [6, 6.07) is 0. The van der Waals surface area contributed by atoms with Crippen molar-refractivity contribution >= 4 is 58.3 Å². The predicted molar refractivity (Wildman–Crippen MR) is 149 cm³/mol. The predicted octanol–water partition coefficient (Wildman–Crippen LogP) is 1.02. The summed E-state index contributed by atoms with van der Waals surface area (Å²) in [7, 11) is -8.77. The van der Waals surface area contributed by atoms with Gasteiger partial charge in [-0.2, -0.15) is 0 Å². The van der Waals surface area contributed by atoms with Gasteiger partial charge in [0, 0.05) is 0 Å². The monoisotopic (exact) mass is 716 g/mol. The molecular formula is C24H40CaN2O16S2. The Morgan fingerprint density at radius 2 is 0.911 bits per heavy atom. The van der Waals surface area contributed by atoms with Gasteiger partial charge in [-0.3, -0.25) is 8.37 Å². The van der Waals surface area contributed by atoms with Gasteiger partial charge in [-0.05, 0) is 55.4 Å². The van der Waals surface area contributed by atoms with Crippen LogP contribution in [-0.2, 0) is 76.3 Å². The van der Waals surface area contributed by atoms with Crippen LogP contribution in [0, 0.1) is 0 Å². The van der Waals surface area contributed by atoms with Gasteiger partial charge in [0.15, 0.2) is 43.8 Å². The molecule has 6 aliphatic rings. The van der Waals surface area contributed by atoms with E-state index in [1.165, 1.54) is 0 Å². The van der Waals surface area contributed by atoms with Gasteiger partial charge in [0.25, 0.3) is 0 Å². The molecule has 6 heterocycles. The largest absolute Gasteiger partial charge is 2.00 e. The molecule has 0 spiro atoms. The molecule has 256 valence electrons. The van der Waals surface area contributed by atoms with Crippen LogP contribution in [0.25, 0.3) is 10.3 Å². The van der Waals surface area contributed by atoms with Crippen LogP contribution < -0.4 is 0 Å². The first-order valence-electron chi connectivity index (χ1n) is 13.9. The Kier molecular flexibility index (Phi) is 10.6. The van der Waals surface area contributed by atoms with Gasteiger partial charge >= 0.3 is 37.7 Å². The summed E-state index contributed by atoms with van der Waals surface area (Å²) in [6.07, 6.45) is -3.13. The van der Waals surface area contributed by atoms with Crippen molar-refractivity contribution in [2.75, 3.05) is 26.4 Å². The summed E-state index contributed by atoms with van der Waals surface area (Å²) >= 11 is 0. The van der Waals surface area contributed by atoms with Crippen LogP contribution in [0.4, 0.5) is 0 Å². The molecule has 0 aromatic carbocycles. The van der Waals surface area contributed by atoms with E-state index in [1.54, 1.807) is 55.4 Å². The fraction of sp³-hybridized carbons (Fsp3) is 1.00. The summed E-state index contributed by atoms with van der Waals surface area (Å²) in [5.41, 5.74) is 0. The molecule has 0 aromatic rings. The third-order valence-corrected chi connectivity index (χ3v) is 8.24. The molecule has 21 heteroatoms. The van der Waals surface area contributed by atoms with Crippen molar-refractivity contribution in [2.45, 2.75) is 127 Å². The summed E-state index contributed by atoms with van der Waals surface area (Å²) in [4.78, 5) is 0. The number of fused-ring (bicyclic) bond motifs is 6. The fourth-order valence-electron chi connectivity index (χ4n) is 6.21. The number of nitrogens with one attached hydrogen (secondary N) is 2. The van der Waals surface area contributed by atoms with E-state index in [0.717, 1.165) is 0 Å². The van der Waals surface area contributed by atoms with Crippen LogP contribution in [-0.4, -0.2) is 152 Å². The molecule has 6 fully saturated rings. The molecule has 0 radical (unpaired) electrons. The van der Waals surface area contributed by atoms with Gasteiger partial charge < -0.3 is 57.6 Å². The van der Waals surface area contributed by atoms with Crippen molar-refractivity contribution in [1.82, 2.24) is 0 Å². The molecule has 8 atom stereocenters. The summed E-state index contributed by atoms with van der Waals surface area (Å²) in [5.74, 6) is -6.53. The molecule has 2 N–H and O–H groups in total. The Balaban J connectivity index is 0.000000200. The van der Waals surface area contributed by atoms with Gasteiger partial charge in [0.1, 0.15) is 49.8 Å². The van der Waals surface area contributed by atoms with E-state index >= 15 is 0 Å². The number of hydrogen-bond donors (Lipinski definition) is 0. The molecule has 0 unspecified atom stereocenters. The maximum atomic E-state index is 11.0. The molecule has 0 aliphatic carbocycles.